The summed E-state index contributed by atoms with van der Waals surface area (Å²) in [6, 6.07) is 0.228. The molecule has 0 bridgehead atoms. The van der Waals surface area contributed by atoms with Crippen LogP contribution < -0.4 is 0 Å². The van der Waals surface area contributed by atoms with Crippen molar-refractivity contribution in [2.75, 3.05) is 0 Å². The Labute approximate surface area is 76.4 Å². The van der Waals surface area contributed by atoms with E-state index in [0.717, 1.165) is 5.82 Å². The monoisotopic (exact) mass is 183 g/mol. The molecule has 0 radical (unpaired) electrons. The molecule has 5 heteroatoms. The van der Waals surface area contributed by atoms with Crippen LogP contribution in [0.2, 0.25) is 0 Å². The van der Waals surface area contributed by atoms with Crippen LogP contribution in [0.1, 0.15) is 32.1 Å². The minimum atomic E-state index is -0.807. The van der Waals surface area contributed by atoms with Gasteiger partial charge in [0.1, 0.15) is 12.2 Å². The molecule has 0 saturated heterocycles. The van der Waals surface area contributed by atoms with Crippen LogP contribution in [-0.2, 0) is 11.2 Å². The largest absolute Gasteiger partial charge is 0.481 e. The summed E-state index contributed by atoms with van der Waals surface area (Å²) in [5.74, 6) is -0.0734. The lowest BCUT2D eigenvalue weighted by Crippen LogP contribution is -2.09. The molecule has 0 atom stereocenters. The van der Waals surface area contributed by atoms with Gasteiger partial charge in [-0.25, -0.2) is 9.67 Å². The lowest BCUT2D eigenvalue weighted by molar-refractivity contribution is -0.137. The van der Waals surface area contributed by atoms with Crippen LogP contribution in [-0.4, -0.2) is 25.8 Å². The van der Waals surface area contributed by atoms with E-state index in [1.807, 2.05) is 13.8 Å². The topological polar surface area (TPSA) is 68.0 Å². The van der Waals surface area contributed by atoms with Crippen LogP contribution >= 0.6 is 0 Å². The van der Waals surface area contributed by atoms with Crippen LogP contribution in [0.3, 0.4) is 0 Å². The molecule has 0 aromatic carbocycles. The number of rotatable bonds is 4. The fraction of sp³-hybridized carbons (Fsp3) is 0.625. The zero-order valence-electron chi connectivity index (χ0n) is 7.77. The third-order valence-corrected chi connectivity index (χ3v) is 1.70. The van der Waals surface area contributed by atoms with Gasteiger partial charge in [-0.1, -0.05) is 0 Å². The lowest BCUT2D eigenvalue weighted by atomic mass is 10.3. The van der Waals surface area contributed by atoms with E-state index in [9.17, 15) is 4.79 Å². The molecular formula is C8H13N3O2. The molecule has 0 fully saturated rings. The molecule has 0 aliphatic rings. The highest BCUT2D eigenvalue weighted by Crippen LogP contribution is 2.06. The normalized spacial score (nSPS) is 10.7. The predicted octanol–water partition coefficient (Wildman–Crippen LogP) is 0.876. The molecule has 72 valence electrons. The highest BCUT2D eigenvalue weighted by atomic mass is 16.4. The summed E-state index contributed by atoms with van der Waals surface area (Å²) in [4.78, 5) is 14.3. The molecule has 0 amide bonds. The zero-order chi connectivity index (χ0) is 9.84. The predicted molar refractivity (Wildman–Crippen MR) is 46.4 cm³/mol. The summed E-state index contributed by atoms with van der Waals surface area (Å²) in [5, 5.41) is 12.5. The average Bonchev–Trinajstić information content (AvgIpc) is 2.47. The summed E-state index contributed by atoms with van der Waals surface area (Å²) >= 11 is 0. The first-order chi connectivity index (χ1) is 6.11. The molecule has 1 aromatic rings. The van der Waals surface area contributed by atoms with Crippen molar-refractivity contribution in [1.82, 2.24) is 14.8 Å². The molecule has 13 heavy (non-hydrogen) atoms. The summed E-state index contributed by atoms with van der Waals surface area (Å²) in [7, 11) is 0. The molecule has 1 aromatic heterocycles. The second-order valence-corrected chi connectivity index (χ2v) is 3.11. The van der Waals surface area contributed by atoms with Gasteiger partial charge in [0.05, 0.1) is 6.42 Å². The second-order valence-electron chi connectivity index (χ2n) is 3.11. The van der Waals surface area contributed by atoms with Gasteiger partial charge >= 0.3 is 5.97 Å². The van der Waals surface area contributed by atoms with Gasteiger partial charge in [0.2, 0.25) is 0 Å². The molecule has 1 rings (SSSR count). The second kappa shape index (κ2) is 4.02. The van der Waals surface area contributed by atoms with Crippen molar-refractivity contribution < 1.29 is 9.90 Å². The van der Waals surface area contributed by atoms with Crippen molar-refractivity contribution >= 4 is 5.97 Å². The standard InChI is InChI=1S/C8H13N3O2/c1-6(2)11-7(9-5-10-11)3-4-8(12)13/h5-6H,3-4H2,1-2H3,(H,12,13). The minimum absolute atomic E-state index is 0.103. The highest BCUT2D eigenvalue weighted by Gasteiger charge is 2.08. The van der Waals surface area contributed by atoms with Gasteiger partial charge in [-0.15, -0.1) is 0 Å². The Hall–Kier alpha value is -1.39. The highest BCUT2D eigenvalue weighted by molar-refractivity contribution is 5.66. The number of carboxylic acid groups (broad SMARTS) is 1. The Morgan fingerprint density at radius 3 is 2.92 bits per heavy atom. The quantitative estimate of drug-likeness (QED) is 0.752. The maximum atomic E-state index is 10.3. The first kappa shape index (κ1) is 9.70. The van der Waals surface area contributed by atoms with Crippen molar-refractivity contribution in [2.24, 2.45) is 0 Å². The van der Waals surface area contributed by atoms with E-state index in [2.05, 4.69) is 10.1 Å². The number of aromatic nitrogens is 3. The van der Waals surface area contributed by atoms with Gasteiger partial charge in [-0.05, 0) is 13.8 Å². The van der Waals surface area contributed by atoms with Crippen molar-refractivity contribution in [2.45, 2.75) is 32.7 Å². The fourth-order valence-electron chi connectivity index (χ4n) is 1.10. The van der Waals surface area contributed by atoms with E-state index in [0.29, 0.717) is 6.42 Å². The Kier molecular flexibility index (Phi) is 3.00. The van der Waals surface area contributed by atoms with Crippen molar-refractivity contribution in [3.8, 4) is 0 Å². The van der Waals surface area contributed by atoms with Gasteiger partial charge in [0.25, 0.3) is 0 Å². The van der Waals surface area contributed by atoms with Crippen molar-refractivity contribution in [3.63, 3.8) is 0 Å². The van der Waals surface area contributed by atoms with E-state index in [1.54, 1.807) is 4.68 Å². The van der Waals surface area contributed by atoms with Crippen LogP contribution in [0, 0.1) is 0 Å². The molecule has 0 spiro atoms. The van der Waals surface area contributed by atoms with Gasteiger partial charge < -0.3 is 5.11 Å². The molecule has 0 unspecified atom stereocenters. The molecule has 0 aliphatic heterocycles. The number of nitrogens with zero attached hydrogens (tertiary/aromatic N) is 3. The Morgan fingerprint density at radius 2 is 2.38 bits per heavy atom. The number of carboxylic acids is 1. The molecule has 0 saturated carbocycles. The molecule has 1 N–H and O–H groups in total. The number of aliphatic carboxylic acids is 1. The van der Waals surface area contributed by atoms with Crippen molar-refractivity contribution in [1.29, 1.82) is 0 Å². The van der Waals surface area contributed by atoms with E-state index >= 15 is 0 Å². The van der Waals surface area contributed by atoms with Gasteiger partial charge in [0.15, 0.2) is 0 Å². The summed E-state index contributed by atoms with van der Waals surface area (Å²) < 4.78 is 1.74. The number of aryl methyl sites for hydroxylation is 1. The van der Waals surface area contributed by atoms with Gasteiger partial charge in [0, 0.05) is 12.5 Å². The van der Waals surface area contributed by atoms with Crippen molar-refractivity contribution in [3.05, 3.63) is 12.2 Å². The van der Waals surface area contributed by atoms with Gasteiger partial charge in [-0.3, -0.25) is 4.79 Å². The smallest absolute Gasteiger partial charge is 0.303 e. The maximum Gasteiger partial charge on any atom is 0.303 e. The number of hydrogen-bond acceptors (Lipinski definition) is 3. The minimum Gasteiger partial charge on any atom is -0.481 e. The SMILES string of the molecule is CC(C)n1ncnc1CCC(=O)O. The summed E-state index contributed by atoms with van der Waals surface area (Å²) in [6.07, 6.45) is 2.00. The van der Waals surface area contributed by atoms with Crippen LogP contribution in [0.4, 0.5) is 0 Å². The van der Waals surface area contributed by atoms with E-state index < -0.39 is 5.97 Å². The first-order valence-corrected chi connectivity index (χ1v) is 4.21. The first-order valence-electron chi connectivity index (χ1n) is 4.21. The van der Waals surface area contributed by atoms with E-state index in [4.69, 9.17) is 5.11 Å². The van der Waals surface area contributed by atoms with Crippen LogP contribution in [0.15, 0.2) is 6.33 Å². The van der Waals surface area contributed by atoms with Crippen LogP contribution in [0.25, 0.3) is 0 Å². The van der Waals surface area contributed by atoms with E-state index in [1.165, 1.54) is 6.33 Å². The van der Waals surface area contributed by atoms with E-state index in [-0.39, 0.29) is 12.5 Å². The average molecular weight is 183 g/mol. The molecular weight excluding hydrogens is 170 g/mol. The number of hydrogen-bond donors (Lipinski definition) is 1. The molecule has 0 aliphatic carbocycles. The third-order valence-electron chi connectivity index (χ3n) is 1.70. The third kappa shape index (κ3) is 2.54. The zero-order valence-corrected chi connectivity index (χ0v) is 7.77. The number of carbonyl (C=O) groups is 1. The Bertz CT molecular complexity index is 293. The summed E-state index contributed by atoms with van der Waals surface area (Å²) in [6.45, 7) is 3.97. The summed E-state index contributed by atoms with van der Waals surface area (Å²) in [5.41, 5.74) is 0. The maximum absolute atomic E-state index is 10.3. The molecule has 1 heterocycles. The van der Waals surface area contributed by atoms with Gasteiger partial charge in [-0.2, -0.15) is 5.10 Å². The fourth-order valence-corrected chi connectivity index (χ4v) is 1.10. The Morgan fingerprint density at radius 1 is 1.69 bits per heavy atom. The Balaban J connectivity index is 2.65. The van der Waals surface area contributed by atoms with Crippen LogP contribution in [0.5, 0.6) is 0 Å². The lowest BCUT2D eigenvalue weighted by Gasteiger charge is -2.07. The molecule has 5 nitrogen and oxygen atoms in total.